The maximum atomic E-state index is 12.7. The lowest BCUT2D eigenvalue weighted by atomic mass is 10.1. The molecule has 2 aromatic carbocycles. The molecule has 0 aliphatic carbocycles. The van der Waals surface area contributed by atoms with Gasteiger partial charge in [-0.3, -0.25) is 4.79 Å². The fourth-order valence-corrected chi connectivity index (χ4v) is 2.87. The summed E-state index contributed by atoms with van der Waals surface area (Å²) in [5.74, 6) is 2.44. The zero-order chi connectivity index (χ0) is 18.4. The Morgan fingerprint density at radius 3 is 2.23 bits per heavy atom. The Hall–Kier alpha value is -3.26. The van der Waals surface area contributed by atoms with Crippen LogP contribution in [0.1, 0.15) is 21.5 Å². The van der Waals surface area contributed by atoms with Gasteiger partial charge in [-0.2, -0.15) is 0 Å². The number of ether oxygens (including phenoxy) is 1. The average molecular weight is 348 g/mol. The van der Waals surface area contributed by atoms with Gasteiger partial charge < -0.3 is 14.5 Å². The minimum atomic E-state index is -0.357. The zero-order valence-corrected chi connectivity index (χ0v) is 14.4. The molecule has 0 bridgehead atoms. The van der Waals surface area contributed by atoms with Crippen molar-refractivity contribution in [2.24, 2.45) is 0 Å². The van der Waals surface area contributed by atoms with Gasteiger partial charge in [0.1, 0.15) is 6.61 Å². The lowest BCUT2D eigenvalue weighted by molar-refractivity contribution is 0.0543. The van der Waals surface area contributed by atoms with Crippen molar-refractivity contribution in [2.75, 3.05) is 26.2 Å². The molecule has 0 atom stereocenters. The summed E-state index contributed by atoms with van der Waals surface area (Å²) in [5, 5.41) is 0. The van der Waals surface area contributed by atoms with Gasteiger partial charge in [0.25, 0.3) is 5.91 Å². The lowest BCUT2D eigenvalue weighted by Gasteiger charge is -2.34. The van der Waals surface area contributed by atoms with Crippen molar-refractivity contribution < 1.29 is 14.3 Å². The van der Waals surface area contributed by atoms with Gasteiger partial charge in [-0.05, 0) is 17.7 Å². The fraction of sp³-hybridized carbons (Fsp3) is 0.238. The van der Waals surface area contributed by atoms with E-state index in [0.29, 0.717) is 37.3 Å². The first kappa shape index (κ1) is 17.6. The molecule has 132 valence electrons. The highest BCUT2D eigenvalue weighted by molar-refractivity contribution is 5.96. The third-order valence-corrected chi connectivity index (χ3v) is 4.34. The average Bonchev–Trinajstić information content (AvgIpc) is 2.72. The van der Waals surface area contributed by atoms with Crippen LogP contribution in [0.25, 0.3) is 0 Å². The highest BCUT2D eigenvalue weighted by atomic mass is 16.6. The van der Waals surface area contributed by atoms with Crippen LogP contribution in [0.4, 0.5) is 4.79 Å². The molecule has 5 nitrogen and oxygen atoms in total. The number of piperazine rings is 1. The van der Waals surface area contributed by atoms with E-state index in [-0.39, 0.29) is 18.6 Å². The van der Waals surface area contributed by atoms with Gasteiger partial charge in [0.2, 0.25) is 0 Å². The van der Waals surface area contributed by atoms with Crippen LogP contribution in [0, 0.1) is 12.3 Å². The lowest BCUT2D eigenvalue weighted by Crippen LogP contribution is -2.50. The van der Waals surface area contributed by atoms with Gasteiger partial charge in [-0.25, -0.2) is 4.79 Å². The number of terminal acetylenes is 1. The maximum absolute atomic E-state index is 12.7. The number of hydrogen-bond donors (Lipinski definition) is 0. The summed E-state index contributed by atoms with van der Waals surface area (Å²) in [6.07, 6.45) is 5.11. The van der Waals surface area contributed by atoms with Crippen LogP contribution >= 0.6 is 0 Å². The number of hydrogen-bond acceptors (Lipinski definition) is 3. The van der Waals surface area contributed by atoms with Gasteiger partial charge in [-0.1, -0.05) is 48.4 Å². The summed E-state index contributed by atoms with van der Waals surface area (Å²) in [5.41, 5.74) is 2.05. The second kappa shape index (κ2) is 8.21. The number of amides is 2. The maximum Gasteiger partial charge on any atom is 0.410 e. The molecule has 2 amide bonds. The summed E-state index contributed by atoms with van der Waals surface area (Å²) in [6.45, 7) is 2.04. The normalized spacial score (nSPS) is 13.8. The quantitative estimate of drug-likeness (QED) is 0.802. The molecule has 2 aromatic rings. The number of benzene rings is 2. The van der Waals surface area contributed by atoms with Crippen molar-refractivity contribution in [1.82, 2.24) is 9.80 Å². The monoisotopic (exact) mass is 348 g/mol. The molecule has 0 spiro atoms. The first-order chi connectivity index (χ1) is 12.7. The molecule has 1 saturated heterocycles. The Labute approximate surface area is 153 Å². The summed E-state index contributed by atoms with van der Waals surface area (Å²) in [6, 6.07) is 16.6. The van der Waals surface area contributed by atoms with Gasteiger partial charge >= 0.3 is 6.09 Å². The van der Waals surface area contributed by atoms with E-state index in [9.17, 15) is 9.59 Å². The molecule has 5 heteroatoms. The molecule has 0 aromatic heterocycles. The standard InChI is InChI=1S/C21H20N2O3/c1-2-18-10-6-7-11-19(18)20(24)22-12-14-23(15-13-22)21(25)26-16-17-8-4-3-5-9-17/h1,3-11H,12-16H2. The van der Waals surface area contributed by atoms with Crippen LogP contribution in [0.3, 0.4) is 0 Å². The number of rotatable bonds is 3. The minimum absolute atomic E-state index is 0.101. The van der Waals surface area contributed by atoms with Crippen molar-refractivity contribution >= 4 is 12.0 Å². The van der Waals surface area contributed by atoms with Gasteiger partial charge in [0, 0.05) is 31.7 Å². The Bertz CT molecular complexity index is 819. The number of nitrogens with zero attached hydrogens (tertiary/aromatic N) is 2. The van der Waals surface area contributed by atoms with E-state index in [1.807, 2.05) is 36.4 Å². The number of carbonyl (C=O) groups excluding carboxylic acids is 2. The SMILES string of the molecule is C#Cc1ccccc1C(=O)N1CCN(C(=O)OCc2ccccc2)CC1. The Morgan fingerprint density at radius 1 is 0.923 bits per heavy atom. The molecule has 0 N–H and O–H groups in total. The van der Waals surface area contributed by atoms with E-state index >= 15 is 0 Å². The first-order valence-electron chi connectivity index (χ1n) is 8.49. The van der Waals surface area contributed by atoms with E-state index in [4.69, 9.17) is 11.2 Å². The largest absolute Gasteiger partial charge is 0.445 e. The molecule has 3 rings (SSSR count). The van der Waals surface area contributed by atoms with Gasteiger partial charge in [0.05, 0.1) is 5.56 Å². The zero-order valence-electron chi connectivity index (χ0n) is 14.4. The topological polar surface area (TPSA) is 49.9 Å². The van der Waals surface area contributed by atoms with Gasteiger partial charge in [-0.15, -0.1) is 6.42 Å². The molecular weight excluding hydrogens is 328 g/mol. The molecule has 0 saturated carbocycles. The molecular formula is C21H20N2O3. The smallest absolute Gasteiger partial charge is 0.410 e. The molecule has 1 fully saturated rings. The van der Waals surface area contributed by atoms with Crippen LogP contribution in [-0.2, 0) is 11.3 Å². The Morgan fingerprint density at radius 2 is 1.54 bits per heavy atom. The highest BCUT2D eigenvalue weighted by Gasteiger charge is 2.26. The van der Waals surface area contributed by atoms with Gasteiger partial charge in [0.15, 0.2) is 0 Å². The minimum Gasteiger partial charge on any atom is -0.445 e. The highest BCUT2D eigenvalue weighted by Crippen LogP contribution is 2.14. The fourth-order valence-electron chi connectivity index (χ4n) is 2.87. The van der Waals surface area contributed by atoms with E-state index in [2.05, 4.69) is 5.92 Å². The van der Waals surface area contributed by atoms with Crippen LogP contribution in [-0.4, -0.2) is 48.0 Å². The van der Waals surface area contributed by atoms with Crippen molar-refractivity contribution in [3.8, 4) is 12.3 Å². The number of carbonyl (C=O) groups is 2. The van der Waals surface area contributed by atoms with E-state index < -0.39 is 0 Å². The Kier molecular flexibility index (Phi) is 5.55. The van der Waals surface area contributed by atoms with Crippen LogP contribution in [0.5, 0.6) is 0 Å². The molecule has 1 heterocycles. The molecule has 26 heavy (non-hydrogen) atoms. The molecule has 1 aliphatic heterocycles. The van der Waals surface area contributed by atoms with E-state index in [0.717, 1.165) is 5.56 Å². The summed E-state index contributed by atoms with van der Waals surface area (Å²) in [4.78, 5) is 28.2. The third-order valence-electron chi connectivity index (χ3n) is 4.34. The second-order valence-corrected chi connectivity index (χ2v) is 6.01. The van der Waals surface area contributed by atoms with Crippen LogP contribution < -0.4 is 0 Å². The molecule has 1 aliphatic rings. The second-order valence-electron chi connectivity index (χ2n) is 6.01. The first-order valence-corrected chi connectivity index (χ1v) is 8.49. The summed E-state index contributed by atoms with van der Waals surface area (Å²) >= 11 is 0. The molecule has 0 unspecified atom stereocenters. The van der Waals surface area contributed by atoms with Crippen LogP contribution in [0.2, 0.25) is 0 Å². The van der Waals surface area contributed by atoms with E-state index in [1.165, 1.54) is 0 Å². The summed E-state index contributed by atoms with van der Waals surface area (Å²) in [7, 11) is 0. The molecule has 0 radical (unpaired) electrons. The third kappa shape index (κ3) is 4.04. The predicted octanol–water partition coefficient (Wildman–Crippen LogP) is 2.76. The van der Waals surface area contributed by atoms with Crippen molar-refractivity contribution in [1.29, 1.82) is 0 Å². The Balaban J connectivity index is 1.53. The van der Waals surface area contributed by atoms with Crippen LogP contribution in [0.15, 0.2) is 54.6 Å². The summed E-state index contributed by atoms with van der Waals surface area (Å²) < 4.78 is 5.34. The van der Waals surface area contributed by atoms with Crippen molar-refractivity contribution in [2.45, 2.75) is 6.61 Å². The van der Waals surface area contributed by atoms with Crippen molar-refractivity contribution in [3.05, 3.63) is 71.3 Å². The van der Waals surface area contributed by atoms with E-state index in [1.54, 1.807) is 28.0 Å². The van der Waals surface area contributed by atoms with Crippen molar-refractivity contribution in [3.63, 3.8) is 0 Å². The predicted molar refractivity (Wildman–Crippen MR) is 98.5 cm³/mol.